The van der Waals surface area contributed by atoms with Gasteiger partial charge in [-0.3, -0.25) is 9.78 Å². The minimum absolute atomic E-state index is 0.0398. The highest BCUT2D eigenvalue weighted by Gasteiger charge is 2.20. The number of carbonyl (C=O) groups excluding carboxylic acids is 1. The number of aliphatic hydroxyl groups is 1. The van der Waals surface area contributed by atoms with E-state index in [2.05, 4.69) is 15.2 Å². The zero-order valence-electron chi connectivity index (χ0n) is 17.8. The van der Waals surface area contributed by atoms with Gasteiger partial charge >= 0.3 is 0 Å². The monoisotopic (exact) mass is 468 g/mol. The van der Waals surface area contributed by atoms with Gasteiger partial charge in [-0.15, -0.1) is 5.10 Å². The molecule has 1 amide bonds. The molecule has 174 valence electrons. The Kier molecular flexibility index (Phi) is 6.46. The van der Waals surface area contributed by atoms with Gasteiger partial charge in [-0.2, -0.15) is 5.10 Å². The second kappa shape index (κ2) is 9.63. The molecule has 0 bridgehead atoms. The molecule has 2 heterocycles. The number of aliphatic hydroxyl groups excluding tert-OH is 1. The van der Waals surface area contributed by atoms with Gasteiger partial charge in [0.25, 0.3) is 5.91 Å². The lowest BCUT2D eigenvalue weighted by atomic mass is 10.0. The Labute approximate surface area is 191 Å². The molecule has 0 fully saturated rings. The Morgan fingerprint density at radius 2 is 1.82 bits per heavy atom. The summed E-state index contributed by atoms with van der Waals surface area (Å²) in [6.45, 7) is -0.145. The molecule has 4 rings (SSSR count). The molecule has 2 aromatic heterocycles. The molecule has 34 heavy (non-hydrogen) atoms. The maximum atomic E-state index is 15.0. The number of nitrogens with zero attached hydrogens (tertiary/aromatic N) is 3. The van der Waals surface area contributed by atoms with Crippen molar-refractivity contribution < 1.29 is 32.9 Å². The van der Waals surface area contributed by atoms with Crippen LogP contribution in [-0.2, 0) is 0 Å². The number of amides is 1. The predicted molar refractivity (Wildman–Crippen MR) is 117 cm³/mol. The Bertz CT molecular complexity index is 1360. The highest BCUT2D eigenvalue weighted by atomic mass is 19.1. The number of carbonyl (C=O) groups is 1. The average Bonchev–Trinajstić information content (AvgIpc) is 2.84. The summed E-state index contributed by atoms with van der Waals surface area (Å²) in [5.74, 6) is -2.79. The van der Waals surface area contributed by atoms with Crippen LogP contribution < -0.4 is 19.9 Å². The Morgan fingerprint density at radius 1 is 1.06 bits per heavy atom. The van der Waals surface area contributed by atoms with Crippen LogP contribution in [-0.4, -0.2) is 46.5 Å². The van der Waals surface area contributed by atoms with E-state index in [0.717, 1.165) is 12.1 Å². The van der Waals surface area contributed by atoms with E-state index in [0.29, 0.717) is 22.4 Å². The molecule has 0 atom stereocenters. The molecule has 0 saturated carbocycles. The maximum Gasteiger partial charge on any atom is 0.269 e. The summed E-state index contributed by atoms with van der Waals surface area (Å²) in [4.78, 5) is 15.8. The van der Waals surface area contributed by atoms with Crippen LogP contribution in [0.3, 0.4) is 0 Å². The van der Waals surface area contributed by atoms with E-state index >= 15 is 0 Å². The summed E-state index contributed by atoms with van der Waals surface area (Å²) in [6, 6.07) is 7.95. The van der Waals surface area contributed by atoms with Crippen LogP contribution in [0.2, 0.25) is 0 Å². The summed E-state index contributed by atoms with van der Waals surface area (Å²) >= 11 is 0. The van der Waals surface area contributed by atoms with E-state index in [4.69, 9.17) is 25.1 Å². The minimum atomic E-state index is -1.01. The van der Waals surface area contributed by atoms with Crippen molar-refractivity contribution in [3.05, 3.63) is 66.1 Å². The standard InChI is InChI=1S/C23H18F2N4O5/c1-32-19-10-14-17(11-20(19)33-7-6-30)27-4-3-18(14)34-22-15(24)8-12(9-16(22)25)13-2-5-28-29-21(13)23(26)31/h2-5,8-11,30H,6-7H2,1H3,(H2,26,31). The van der Waals surface area contributed by atoms with E-state index in [1.54, 1.807) is 12.1 Å². The van der Waals surface area contributed by atoms with Crippen LogP contribution in [0.5, 0.6) is 23.0 Å². The number of hydrogen-bond donors (Lipinski definition) is 2. The Hall–Kier alpha value is -4.38. The SMILES string of the molecule is COc1cc2c(Oc3c(F)cc(-c4ccnnc4C(N)=O)cc3F)ccnc2cc1OCCO. The van der Waals surface area contributed by atoms with Gasteiger partial charge < -0.3 is 25.1 Å². The number of ether oxygens (including phenoxy) is 3. The van der Waals surface area contributed by atoms with Gasteiger partial charge in [0, 0.05) is 23.2 Å². The Morgan fingerprint density at radius 3 is 2.50 bits per heavy atom. The van der Waals surface area contributed by atoms with Crippen molar-refractivity contribution in [2.24, 2.45) is 5.73 Å². The number of fused-ring (bicyclic) bond motifs is 1. The van der Waals surface area contributed by atoms with Crippen LogP contribution >= 0.6 is 0 Å². The van der Waals surface area contributed by atoms with E-state index in [1.807, 2.05) is 0 Å². The van der Waals surface area contributed by atoms with Crippen LogP contribution in [0.15, 0.2) is 48.8 Å². The minimum Gasteiger partial charge on any atom is -0.493 e. The summed E-state index contributed by atoms with van der Waals surface area (Å²) in [5, 5.41) is 16.6. The highest BCUT2D eigenvalue weighted by Crippen LogP contribution is 2.39. The van der Waals surface area contributed by atoms with Gasteiger partial charge in [0.2, 0.25) is 0 Å². The second-order valence-electron chi connectivity index (χ2n) is 6.93. The average molecular weight is 468 g/mol. The zero-order chi connectivity index (χ0) is 24.2. The molecule has 0 aliphatic heterocycles. The van der Waals surface area contributed by atoms with Gasteiger partial charge in [0.1, 0.15) is 12.4 Å². The summed E-state index contributed by atoms with van der Waals surface area (Å²) < 4.78 is 46.3. The first-order valence-corrected chi connectivity index (χ1v) is 9.92. The van der Waals surface area contributed by atoms with Crippen LogP contribution in [0.4, 0.5) is 8.78 Å². The van der Waals surface area contributed by atoms with Gasteiger partial charge in [0.05, 0.1) is 25.4 Å². The number of hydrogen-bond acceptors (Lipinski definition) is 8. The molecule has 2 aromatic carbocycles. The molecule has 3 N–H and O–H groups in total. The summed E-state index contributed by atoms with van der Waals surface area (Å²) in [7, 11) is 1.43. The lowest BCUT2D eigenvalue weighted by Crippen LogP contribution is -2.15. The number of rotatable bonds is 8. The van der Waals surface area contributed by atoms with E-state index in [-0.39, 0.29) is 35.8 Å². The quantitative estimate of drug-likeness (QED) is 0.403. The lowest BCUT2D eigenvalue weighted by Gasteiger charge is -2.14. The van der Waals surface area contributed by atoms with Crippen molar-refractivity contribution in [2.75, 3.05) is 20.3 Å². The van der Waals surface area contributed by atoms with E-state index in [9.17, 15) is 13.6 Å². The second-order valence-corrected chi connectivity index (χ2v) is 6.93. The summed E-state index contributed by atoms with van der Waals surface area (Å²) in [5.41, 5.74) is 5.64. The zero-order valence-corrected chi connectivity index (χ0v) is 17.8. The maximum absolute atomic E-state index is 15.0. The number of nitrogens with two attached hydrogens (primary N) is 1. The number of primary amides is 1. The smallest absolute Gasteiger partial charge is 0.269 e. The number of halogens is 2. The fraction of sp³-hybridized carbons (Fsp3) is 0.130. The lowest BCUT2D eigenvalue weighted by molar-refractivity contribution is 0.0995. The van der Waals surface area contributed by atoms with E-state index < -0.39 is 23.3 Å². The number of methoxy groups -OCH3 is 1. The molecule has 4 aromatic rings. The third kappa shape index (κ3) is 4.41. The van der Waals surface area contributed by atoms with Gasteiger partial charge in [-0.05, 0) is 35.9 Å². The number of aromatic nitrogens is 3. The van der Waals surface area contributed by atoms with Crippen molar-refractivity contribution >= 4 is 16.8 Å². The van der Waals surface area contributed by atoms with E-state index in [1.165, 1.54) is 31.6 Å². The highest BCUT2D eigenvalue weighted by molar-refractivity contribution is 5.97. The molecule has 0 spiro atoms. The topological polar surface area (TPSA) is 130 Å². The largest absolute Gasteiger partial charge is 0.493 e. The normalized spacial score (nSPS) is 10.8. The van der Waals surface area contributed by atoms with Crippen LogP contribution in [0.25, 0.3) is 22.0 Å². The molecular formula is C23H18F2N4O5. The number of pyridine rings is 1. The Balaban J connectivity index is 1.75. The fourth-order valence-corrected chi connectivity index (χ4v) is 3.31. The molecule has 11 heteroatoms. The van der Waals surface area contributed by atoms with Gasteiger partial charge in [-0.25, -0.2) is 8.78 Å². The first-order chi connectivity index (χ1) is 16.4. The van der Waals surface area contributed by atoms with Crippen molar-refractivity contribution in [1.29, 1.82) is 0 Å². The molecule has 0 radical (unpaired) electrons. The number of benzene rings is 2. The van der Waals surface area contributed by atoms with Crippen molar-refractivity contribution in [1.82, 2.24) is 15.2 Å². The van der Waals surface area contributed by atoms with Crippen LogP contribution in [0, 0.1) is 11.6 Å². The molecular weight excluding hydrogens is 450 g/mol. The van der Waals surface area contributed by atoms with Gasteiger partial charge in [0.15, 0.2) is 34.6 Å². The van der Waals surface area contributed by atoms with Crippen molar-refractivity contribution in [3.8, 4) is 34.1 Å². The molecule has 0 unspecified atom stereocenters. The molecule has 0 aliphatic carbocycles. The third-order valence-electron chi connectivity index (χ3n) is 4.81. The predicted octanol–water partition coefficient (Wildman–Crippen LogP) is 3.24. The first-order valence-electron chi connectivity index (χ1n) is 9.92. The molecule has 0 aliphatic rings. The fourth-order valence-electron chi connectivity index (χ4n) is 3.31. The molecule has 9 nitrogen and oxygen atoms in total. The molecule has 0 saturated heterocycles. The van der Waals surface area contributed by atoms with Crippen molar-refractivity contribution in [3.63, 3.8) is 0 Å². The summed E-state index contributed by atoms with van der Waals surface area (Å²) in [6.07, 6.45) is 2.68. The van der Waals surface area contributed by atoms with Crippen LogP contribution in [0.1, 0.15) is 10.5 Å². The van der Waals surface area contributed by atoms with Crippen molar-refractivity contribution in [2.45, 2.75) is 0 Å². The van der Waals surface area contributed by atoms with Gasteiger partial charge in [-0.1, -0.05) is 0 Å². The third-order valence-corrected chi connectivity index (χ3v) is 4.81. The first kappa shape index (κ1) is 22.8.